The van der Waals surface area contributed by atoms with E-state index in [1.54, 1.807) is 0 Å². The lowest BCUT2D eigenvalue weighted by Crippen LogP contribution is -2.37. The standard InChI is InChI=1S/C14H28O4Si/c1-14(2,3)11(9-8-10-19(5,6)7)18-13(16)12(15)17-4/h8,10-11,13,16H,9H2,1-7H3/b10-8+. The van der Waals surface area contributed by atoms with E-state index >= 15 is 0 Å². The summed E-state index contributed by atoms with van der Waals surface area (Å²) in [6.07, 6.45) is 0.997. The van der Waals surface area contributed by atoms with Gasteiger partial charge in [-0.3, -0.25) is 0 Å². The Morgan fingerprint density at radius 3 is 2.21 bits per heavy atom. The van der Waals surface area contributed by atoms with Gasteiger partial charge in [-0.2, -0.15) is 0 Å². The van der Waals surface area contributed by atoms with E-state index in [9.17, 15) is 9.90 Å². The first kappa shape index (κ1) is 18.3. The average Bonchev–Trinajstić information content (AvgIpc) is 2.23. The maximum atomic E-state index is 11.2. The quantitative estimate of drug-likeness (QED) is 0.464. The largest absolute Gasteiger partial charge is 0.465 e. The van der Waals surface area contributed by atoms with Crippen LogP contribution in [0.3, 0.4) is 0 Å². The summed E-state index contributed by atoms with van der Waals surface area (Å²) >= 11 is 0. The highest BCUT2D eigenvalue weighted by molar-refractivity contribution is 6.80. The van der Waals surface area contributed by atoms with Crippen LogP contribution in [-0.4, -0.2) is 38.7 Å². The number of hydrogen-bond acceptors (Lipinski definition) is 4. The first-order chi connectivity index (χ1) is 8.47. The van der Waals surface area contributed by atoms with Gasteiger partial charge in [-0.1, -0.05) is 52.2 Å². The molecule has 19 heavy (non-hydrogen) atoms. The van der Waals surface area contributed by atoms with Crippen molar-refractivity contribution in [2.45, 2.75) is 59.2 Å². The van der Waals surface area contributed by atoms with Crippen molar-refractivity contribution in [2.24, 2.45) is 5.41 Å². The van der Waals surface area contributed by atoms with Crippen molar-refractivity contribution in [1.82, 2.24) is 0 Å². The minimum absolute atomic E-state index is 0.168. The van der Waals surface area contributed by atoms with Crippen LogP contribution in [0.15, 0.2) is 11.8 Å². The van der Waals surface area contributed by atoms with Gasteiger partial charge in [0.05, 0.1) is 21.3 Å². The van der Waals surface area contributed by atoms with E-state index in [0.29, 0.717) is 6.42 Å². The third kappa shape index (κ3) is 8.18. The Morgan fingerprint density at radius 2 is 1.84 bits per heavy atom. The van der Waals surface area contributed by atoms with Crippen LogP contribution in [0, 0.1) is 5.41 Å². The molecule has 0 heterocycles. The number of carbonyl (C=O) groups is 1. The van der Waals surface area contributed by atoms with Gasteiger partial charge < -0.3 is 14.6 Å². The van der Waals surface area contributed by atoms with Gasteiger partial charge in [0.2, 0.25) is 0 Å². The van der Waals surface area contributed by atoms with Crippen LogP contribution in [0.2, 0.25) is 19.6 Å². The lowest BCUT2D eigenvalue weighted by molar-refractivity contribution is -0.198. The van der Waals surface area contributed by atoms with Crippen LogP contribution >= 0.6 is 0 Å². The molecule has 2 atom stereocenters. The van der Waals surface area contributed by atoms with E-state index in [-0.39, 0.29) is 11.5 Å². The highest BCUT2D eigenvalue weighted by atomic mass is 28.3. The van der Waals surface area contributed by atoms with E-state index < -0.39 is 20.3 Å². The zero-order valence-electron chi connectivity index (χ0n) is 13.2. The van der Waals surface area contributed by atoms with Crippen LogP contribution < -0.4 is 0 Å². The molecule has 0 aromatic carbocycles. The molecule has 0 saturated carbocycles. The van der Waals surface area contributed by atoms with Crippen molar-refractivity contribution >= 4 is 14.0 Å². The highest BCUT2D eigenvalue weighted by Crippen LogP contribution is 2.26. The Labute approximate surface area is 117 Å². The van der Waals surface area contributed by atoms with Crippen LogP contribution in [-0.2, 0) is 14.3 Å². The van der Waals surface area contributed by atoms with E-state index in [0.717, 1.165) is 0 Å². The van der Waals surface area contributed by atoms with Gasteiger partial charge in [-0.15, -0.1) is 0 Å². The number of methoxy groups -OCH3 is 1. The van der Waals surface area contributed by atoms with Gasteiger partial charge in [0.15, 0.2) is 0 Å². The third-order valence-corrected chi connectivity index (χ3v) is 3.87. The summed E-state index contributed by atoms with van der Waals surface area (Å²) in [7, 11) is -0.0138. The van der Waals surface area contributed by atoms with Crippen molar-refractivity contribution in [3.8, 4) is 0 Å². The number of ether oxygens (including phenoxy) is 2. The molecule has 0 aliphatic carbocycles. The molecule has 0 fully saturated rings. The summed E-state index contributed by atoms with van der Waals surface area (Å²) in [5, 5.41) is 9.60. The smallest absolute Gasteiger partial charge is 0.363 e. The number of hydrogen-bond donors (Lipinski definition) is 1. The zero-order chi connectivity index (χ0) is 15.3. The molecule has 0 spiro atoms. The van der Waals surface area contributed by atoms with Crippen LogP contribution in [0.25, 0.3) is 0 Å². The molecule has 0 aromatic heterocycles. The lowest BCUT2D eigenvalue weighted by Gasteiger charge is -2.31. The van der Waals surface area contributed by atoms with Crippen molar-refractivity contribution in [1.29, 1.82) is 0 Å². The predicted octanol–water partition coefficient (Wildman–Crippen LogP) is 2.73. The highest BCUT2D eigenvalue weighted by Gasteiger charge is 2.29. The molecular weight excluding hydrogens is 260 g/mol. The van der Waals surface area contributed by atoms with Crippen LogP contribution in [0.4, 0.5) is 0 Å². The third-order valence-electron chi connectivity index (χ3n) is 2.63. The van der Waals surface area contributed by atoms with Gasteiger partial charge in [-0.05, 0) is 11.8 Å². The minimum Gasteiger partial charge on any atom is -0.465 e. The molecule has 5 heteroatoms. The Morgan fingerprint density at radius 1 is 1.32 bits per heavy atom. The Kier molecular flexibility index (Phi) is 6.97. The van der Waals surface area contributed by atoms with Gasteiger partial charge in [-0.25, -0.2) is 4.79 Å². The molecule has 0 saturated heterocycles. The maximum Gasteiger partial charge on any atom is 0.363 e. The van der Waals surface area contributed by atoms with Gasteiger partial charge in [0, 0.05) is 0 Å². The Balaban J connectivity index is 4.67. The fourth-order valence-corrected chi connectivity index (χ4v) is 2.31. The molecule has 0 aliphatic heterocycles. The number of carbonyl (C=O) groups excluding carboxylic acids is 1. The second-order valence-corrected chi connectivity index (χ2v) is 11.9. The topological polar surface area (TPSA) is 55.8 Å². The fourth-order valence-electron chi connectivity index (χ4n) is 1.47. The molecule has 0 radical (unpaired) electrons. The molecule has 112 valence electrons. The van der Waals surface area contributed by atoms with E-state index in [1.165, 1.54) is 7.11 Å². The molecule has 0 aromatic rings. The predicted molar refractivity (Wildman–Crippen MR) is 79.5 cm³/mol. The molecule has 2 unspecified atom stereocenters. The minimum atomic E-state index is -1.52. The molecule has 0 bridgehead atoms. The summed E-state index contributed by atoms with van der Waals surface area (Å²) < 4.78 is 9.89. The monoisotopic (exact) mass is 288 g/mol. The van der Waals surface area contributed by atoms with Crippen molar-refractivity contribution in [3.63, 3.8) is 0 Å². The van der Waals surface area contributed by atoms with Gasteiger partial charge in [0.1, 0.15) is 0 Å². The SMILES string of the molecule is COC(=O)C(O)OC(C/C=C/[Si](C)(C)C)C(C)(C)C. The maximum absolute atomic E-state index is 11.2. The van der Waals surface area contributed by atoms with Gasteiger partial charge in [0.25, 0.3) is 6.29 Å². The number of aliphatic hydroxyl groups excluding tert-OH is 1. The number of esters is 1. The second-order valence-electron chi connectivity index (χ2n) is 6.87. The van der Waals surface area contributed by atoms with Crippen LogP contribution in [0.5, 0.6) is 0 Å². The number of aliphatic hydroxyl groups is 1. The Hall–Kier alpha value is -0.653. The summed E-state index contributed by atoms with van der Waals surface area (Å²) in [6, 6.07) is 0. The van der Waals surface area contributed by atoms with Gasteiger partial charge >= 0.3 is 5.97 Å². The fraction of sp³-hybridized carbons (Fsp3) is 0.786. The van der Waals surface area contributed by atoms with Crippen LogP contribution in [0.1, 0.15) is 27.2 Å². The summed E-state index contributed by atoms with van der Waals surface area (Å²) in [5.74, 6) is -0.761. The van der Waals surface area contributed by atoms with E-state index in [1.807, 2.05) is 20.8 Å². The molecule has 0 amide bonds. The second kappa shape index (κ2) is 7.22. The first-order valence-corrected chi connectivity index (χ1v) is 10.1. The Bertz CT molecular complexity index is 312. The summed E-state index contributed by atoms with van der Waals surface area (Å²) in [5.41, 5.74) is 2.07. The van der Waals surface area contributed by atoms with E-state index in [2.05, 4.69) is 36.2 Å². The molecule has 0 rings (SSSR count). The summed E-state index contributed by atoms with van der Waals surface area (Å²) in [4.78, 5) is 11.2. The first-order valence-electron chi connectivity index (χ1n) is 6.56. The molecule has 1 N–H and O–H groups in total. The average molecular weight is 288 g/mol. The normalized spacial score (nSPS) is 16.4. The van der Waals surface area contributed by atoms with Crippen molar-refractivity contribution in [3.05, 3.63) is 11.8 Å². The van der Waals surface area contributed by atoms with E-state index in [4.69, 9.17) is 4.74 Å². The molecule has 4 nitrogen and oxygen atoms in total. The number of rotatable bonds is 6. The summed E-state index contributed by atoms with van der Waals surface area (Å²) in [6.45, 7) is 12.8. The molecular formula is C14H28O4Si. The van der Waals surface area contributed by atoms with Crippen molar-refractivity contribution < 1.29 is 19.4 Å². The zero-order valence-corrected chi connectivity index (χ0v) is 14.2. The molecule has 0 aliphatic rings. The lowest BCUT2D eigenvalue weighted by atomic mass is 9.87. The van der Waals surface area contributed by atoms with Crippen molar-refractivity contribution in [2.75, 3.05) is 7.11 Å².